The quantitative estimate of drug-likeness (QED) is 0.273. The first-order valence-corrected chi connectivity index (χ1v) is 12.4. The van der Waals surface area contributed by atoms with Gasteiger partial charge in [-0.2, -0.15) is 30.7 Å². The van der Waals surface area contributed by atoms with Crippen LogP contribution in [0.5, 0.6) is 5.75 Å². The molecule has 0 aliphatic rings. The number of aliphatic carboxylic acids is 1. The van der Waals surface area contributed by atoms with Crippen molar-refractivity contribution in [2.45, 2.75) is 17.2 Å². The number of ether oxygens (including phenoxy) is 1. The van der Waals surface area contributed by atoms with Crippen molar-refractivity contribution in [1.82, 2.24) is 9.97 Å². The topological polar surface area (TPSA) is 118 Å². The molecule has 0 aliphatic heterocycles. The summed E-state index contributed by atoms with van der Waals surface area (Å²) in [7, 11) is -2.79. The number of nitrogens with zero attached hydrogens (tertiary/aromatic N) is 2. The lowest BCUT2D eigenvalue weighted by atomic mass is 10.0. The van der Waals surface area contributed by atoms with Gasteiger partial charge in [-0.05, 0) is 41.8 Å². The number of carbonyl (C=O) groups is 1. The maximum absolute atomic E-state index is 13.1. The number of hydrogen-bond donors (Lipinski definition) is 2. The Morgan fingerprint density at radius 1 is 1.03 bits per heavy atom. The Morgan fingerprint density at radius 2 is 1.69 bits per heavy atom. The van der Waals surface area contributed by atoms with E-state index in [0.717, 1.165) is 18.3 Å². The number of methoxy groups -OCH3 is 1. The smallest absolute Gasteiger partial charge is 0.490 e. The first-order chi connectivity index (χ1) is 18.0. The number of anilines is 1. The molecule has 0 spiro atoms. The minimum atomic E-state index is -5.08. The average Bonchev–Trinajstić information content (AvgIpc) is 3.25. The van der Waals surface area contributed by atoms with Gasteiger partial charge in [-0.25, -0.2) is 18.2 Å². The zero-order valence-electron chi connectivity index (χ0n) is 19.1. The van der Waals surface area contributed by atoms with Crippen LogP contribution < -0.4 is 9.46 Å². The highest BCUT2D eigenvalue weighted by molar-refractivity contribution is 7.93. The summed E-state index contributed by atoms with van der Waals surface area (Å²) < 4.78 is 117. The fourth-order valence-corrected chi connectivity index (χ4v) is 4.90. The number of nitrogens with one attached hydrogen (secondary N) is 1. The minimum absolute atomic E-state index is 0.0241. The average molecular weight is 597 g/mol. The number of halogens is 7. The number of pyridine rings is 1. The molecule has 8 nitrogen and oxygen atoms in total. The molecule has 0 bridgehead atoms. The Morgan fingerprint density at radius 3 is 2.23 bits per heavy atom. The summed E-state index contributed by atoms with van der Waals surface area (Å²) in [6, 6.07) is 8.82. The van der Waals surface area contributed by atoms with E-state index < -0.39 is 39.0 Å². The maximum Gasteiger partial charge on any atom is 0.490 e. The minimum Gasteiger partial charge on any atom is -0.496 e. The van der Waals surface area contributed by atoms with Crippen molar-refractivity contribution in [3.05, 3.63) is 65.6 Å². The van der Waals surface area contributed by atoms with E-state index in [2.05, 4.69) is 14.7 Å². The number of aromatic nitrogens is 2. The number of carboxylic acid groups (broad SMARTS) is 1. The summed E-state index contributed by atoms with van der Waals surface area (Å²) >= 11 is 0.547. The van der Waals surface area contributed by atoms with Crippen LogP contribution in [-0.2, 0) is 21.0 Å². The molecule has 4 rings (SSSR count). The van der Waals surface area contributed by atoms with Gasteiger partial charge in [0.25, 0.3) is 10.0 Å². The molecular weight excluding hydrogens is 583 g/mol. The van der Waals surface area contributed by atoms with Crippen LogP contribution in [0.15, 0.2) is 59.8 Å². The molecule has 0 fully saturated rings. The number of sulfonamides is 1. The van der Waals surface area contributed by atoms with Gasteiger partial charge in [-0.3, -0.25) is 9.71 Å². The predicted octanol–water partition coefficient (Wildman–Crippen LogP) is 5.96. The molecule has 17 heteroatoms. The molecule has 0 aliphatic carbocycles. The van der Waals surface area contributed by atoms with Crippen molar-refractivity contribution in [3.63, 3.8) is 0 Å². The Labute approximate surface area is 218 Å². The Bertz CT molecular complexity index is 1620. The molecule has 0 amide bonds. The van der Waals surface area contributed by atoms with Crippen molar-refractivity contribution < 1.29 is 53.8 Å². The number of alkyl halides is 6. The summed E-state index contributed by atoms with van der Waals surface area (Å²) in [4.78, 5) is 16.7. The van der Waals surface area contributed by atoms with Crippen LogP contribution in [0, 0.1) is 5.13 Å². The molecule has 0 radical (unpaired) electrons. The van der Waals surface area contributed by atoms with Gasteiger partial charge in [-0.1, -0.05) is 17.4 Å². The third-order valence-corrected chi connectivity index (χ3v) is 6.94. The summed E-state index contributed by atoms with van der Waals surface area (Å²) in [6.45, 7) is 0. The van der Waals surface area contributed by atoms with Gasteiger partial charge >= 0.3 is 18.3 Å². The second kappa shape index (κ2) is 11.0. The Hall–Kier alpha value is -3.99. The van der Waals surface area contributed by atoms with Gasteiger partial charge in [0, 0.05) is 17.1 Å². The first kappa shape index (κ1) is 29.6. The van der Waals surface area contributed by atoms with Gasteiger partial charge in [0.05, 0.1) is 29.5 Å². The van der Waals surface area contributed by atoms with Gasteiger partial charge < -0.3 is 9.84 Å². The monoisotopic (exact) mass is 597 g/mol. The van der Waals surface area contributed by atoms with Crippen LogP contribution in [-0.4, -0.2) is 42.7 Å². The van der Waals surface area contributed by atoms with Crippen LogP contribution in [0.1, 0.15) is 5.56 Å². The van der Waals surface area contributed by atoms with E-state index in [4.69, 9.17) is 14.6 Å². The molecule has 2 heterocycles. The fraction of sp³-hybridized carbons (Fsp3) is 0.136. The lowest BCUT2D eigenvalue weighted by Crippen LogP contribution is -2.21. The second-order valence-electron chi connectivity index (χ2n) is 7.33. The molecular formula is C22H14F7N3O5S2. The Kier molecular flexibility index (Phi) is 8.35. The SMILES string of the molecule is COc1cc(C(F)(F)F)ccc1-c1nccc2cc(S(=O)(=O)Nc3ncc(F)s3)ccc12.O=C(O)C(F)(F)F. The molecule has 2 aromatic carbocycles. The van der Waals surface area contributed by atoms with E-state index in [0.29, 0.717) is 33.4 Å². The zero-order chi connectivity index (χ0) is 29.2. The molecule has 0 unspecified atom stereocenters. The molecule has 39 heavy (non-hydrogen) atoms. The van der Waals surface area contributed by atoms with Crippen LogP contribution >= 0.6 is 11.3 Å². The number of carboxylic acids is 1. The molecule has 0 saturated carbocycles. The molecule has 0 saturated heterocycles. The van der Waals surface area contributed by atoms with E-state index in [9.17, 15) is 39.2 Å². The molecule has 208 valence electrons. The standard InChI is InChI=1S/C20H13F4N3O3S2.C2HF3O2/c1-30-16-9-12(20(22,23)24)2-4-15(16)18-14-5-3-13(8-11(14)6-7-25-18)32(28,29)27-19-26-10-17(21)31-19;3-2(4,5)1(6)7/h2-10H,1H3,(H,26,27);(H,6,7). The van der Waals surface area contributed by atoms with Crippen molar-refractivity contribution >= 4 is 43.2 Å². The largest absolute Gasteiger partial charge is 0.496 e. The number of rotatable bonds is 5. The third-order valence-electron chi connectivity index (χ3n) is 4.77. The second-order valence-corrected chi connectivity index (χ2v) is 10.00. The van der Waals surface area contributed by atoms with E-state index in [-0.39, 0.29) is 15.8 Å². The van der Waals surface area contributed by atoms with Crippen molar-refractivity contribution in [1.29, 1.82) is 0 Å². The first-order valence-electron chi connectivity index (χ1n) is 10.1. The lowest BCUT2D eigenvalue weighted by Gasteiger charge is -2.14. The number of fused-ring (bicyclic) bond motifs is 1. The summed E-state index contributed by atoms with van der Waals surface area (Å²) in [5.41, 5.74) is -0.221. The number of thiazole rings is 1. The van der Waals surface area contributed by atoms with Gasteiger partial charge in [-0.15, -0.1) is 0 Å². The van der Waals surface area contributed by atoms with Crippen molar-refractivity contribution in [2.75, 3.05) is 11.8 Å². The van der Waals surface area contributed by atoms with Crippen LogP contribution in [0.25, 0.3) is 22.0 Å². The van der Waals surface area contributed by atoms with Gasteiger partial charge in [0.1, 0.15) is 5.75 Å². The highest BCUT2D eigenvalue weighted by atomic mass is 32.2. The van der Waals surface area contributed by atoms with Crippen LogP contribution in [0.2, 0.25) is 0 Å². The van der Waals surface area contributed by atoms with Crippen LogP contribution in [0.4, 0.5) is 35.9 Å². The predicted molar refractivity (Wildman–Crippen MR) is 125 cm³/mol. The van der Waals surface area contributed by atoms with Crippen molar-refractivity contribution in [2.24, 2.45) is 0 Å². The molecule has 2 aromatic heterocycles. The van der Waals surface area contributed by atoms with E-state index in [1.165, 1.54) is 37.6 Å². The fourth-order valence-electron chi connectivity index (χ4n) is 3.08. The van der Waals surface area contributed by atoms with E-state index in [1.54, 1.807) is 6.07 Å². The van der Waals surface area contributed by atoms with Crippen molar-refractivity contribution in [3.8, 4) is 17.0 Å². The number of hydrogen-bond acceptors (Lipinski definition) is 7. The highest BCUT2D eigenvalue weighted by Gasteiger charge is 2.38. The molecule has 4 aromatic rings. The summed E-state index contributed by atoms with van der Waals surface area (Å²) in [6.07, 6.45) is -7.30. The summed E-state index contributed by atoms with van der Waals surface area (Å²) in [5, 5.41) is 7.35. The van der Waals surface area contributed by atoms with Gasteiger partial charge in [0.15, 0.2) is 10.3 Å². The number of benzene rings is 2. The normalized spacial score (nSPS) is 12.0. The van der Waals surface area contributed by atoms with E-state index in [1.807, 2.05) is 0 Å². The lowest BCUT2D eigenvalue weighted by molar-refractivity contribution is -0.192. The van der Waals surface area contributed by atoms with E-state index >= 15 is 0 Å². The molecule has 0 atom stereocenters. The maximum atomic E-state index is 13.1. The molecule has 2 N–H and O–H groups in total. The Balaban J connectivity index is 0.000000532. The third kappa shape index (κ3) is 7.11. The summed E-state index contributed by atoms with van der Waals surface area (Å²) in [5.74, 6) is -2.78. The van der Waals surface area contributed by atoms with Crippen LogP contribution in [0.3, 0.4) is 0 Å². The van der Waals surface area contributed by atoms with Gasteiger partial charge in [0.2, 0.25) is 0 Å². The highest BCUT2D eigenvalue weighted by Crippen LogP contribution is 2.39. The zero-order valence-corrected chi connectivity index (χ0v) is 20.8.